The molecule has 0 unspecified atom stereocenters. The van der Waals surface area contributed by atoms with E-state index in [4.69, 9.17) is 10.1 Å². The number of rotatable bonds is 3. The van der Waals surface area contributed by atoms with Crippen LogP contribution in [0.1, 0.15) is 53.4 Å². The van der Waals surface area contributed by atoms with Crippen LogP contribution in [0, 0.1) is 27.7 Å². The Kier molecular flexibility index (Phi) is 4.22. The molecule has 1 aromatic carbocycles. The summed E-state index contributed by atoms with van der Waals surface area (Å²) < 4.78 is 2.06. The highest BCUT2D eigenvalue weighted by molar-refractivity contribution is 5.73. The minimum Gasteiger partial charge on any atom is -0.325 e. The number of benzene rings is 1. The first-order chi connectivity index (χ1) is 12.5. The molecule has 0 saturated heterocycles. The van der Waals surface area contributed by atoms with Gasteiger partial charge in [0.25, 0.3) is 0 Å². The average Bonchev–Trinajstić information content (AvgIpc) is 2.95. The van der Waals surface area contributed by atoms with E-state index < -0.39 is 0 Å². The monoisotopic (exact) mass is 348 g/mol. The second kappa shape index (κ2) is 6.42. The minimum atomic E-state index is 0.951. The molecule has 0 bridgehead atoms. The summed E-state index contributed by atoms with van der Waals surface area (Å²) >= 11 is 0. The molecule has 0 N–H and O–H groups in total. The SMILES string of the molecule is CCCc1cc(C)cc(C)c1N1CCCc2c(C)nc3cc(C)nn3c21. The van der Waals surface area contributed by atoms with E-state index in [0.29, 0.717) is 0 Å². The predicted octanol–water partition coefficient (Wildman–Crippen LogP) is 5.00. The van der Waals surface area contributed by atoms with Gasteiger partial charge < -0.3 is 4.90 Å². The number of anilines is 2. The normalized spacial score (nSPS) is 14.1. The van der Waals surface area contributed by atoms with Crippen molar-refractivity contribution in [1.82, 2.24) is 14.6 Å². The molecule has 136 valence electrons. The molecule has 2 aromatic heterocycles. The molecule has 0 fully saturated rings. The molecule has 0 saturated carbocycles. The van der Waals surface area contributed by atoms with Crippen LogP contribution in [-0.4, -0.2) is 21.1 Å². The molecule has 26 heavy (non-hydrogen) atoms. The minimum absolute atomic E-state index is 0.951. The van der Waals surface area contributed by atoms with Gasteiger partial charge in [-0.05, 0) is 58.1 Å². The van der Waals surface area contributed by atoms with E-state index in [9.17, 15) is 0 Å². The summed E-state index contributed by atoms with van der Waals surface area (Å²) in [6.07, 6.45) is 4.49. The molecule has 3 heterocycles. The topological polar surface area (TPSA) is 33.4 Å². The number of fused-ring (bicyclic) bond motifs is 3. The average molecular weight is 348 g/mol. The molecular formula is C22H28N4. The summed E-state index contributed by atoms with van der Waals surface area (Å²) in [5.74, 6) is 1.22. The van der Waals surface area contributed by atoms with Crippen LogP contribution < -0.4 is 4.90 Å². The maximum atomic E-state index is 4.81. The molecular weight excluding hydrogens is 320 g/mol. The van der Waals surface area contributed by atoms with Crippen molar-refractivity contribution in [2.75, 3.05) is 11.4 Å². The van der Waals surface area contributed by atoms with E-state index in [1.165, 1.54) is 33.8 Å². The maximum Gasteiger partial charge on any atom is 0.157 e. The van der Waals surface area contributed by atoms with Crippen LogP contribution in [0.25, 0.3) is 5.65 Å². The Labute approximate surface area is 155 Å². The molecule has 1 aliphatic heterocycles. The quantitative estimate of drug-likeness (QED) is 0.668. The fraction of sp³-hybridized carbons (Fsp3) is 0.455. The Balaban J connectivity index is 2.00. The Bertz CT molecular complexity index is 984. The van der Waals surface area contributed by atoms with E-state index in [0.717, 1.165) is 49.3 Å². The van der Waals surface area contributed by atoms with Crippen LogP contribution in [0.2, 0.25) is 0 Å². The number of hydrogen-bond donors (Lipinski definition) is 0. The van der Waals surface area contributed by atoms with Gasteiger partial charge in [0.2, 0.25) is 0 Å². The first kappa shape index (κ1) is 17.1. The maximum absolute atomic E-state index is 4.81. The summed E-state index contributed by atoms with van der Waals surface area (Å²) in [7, 11) is 0. The molecule has 4 rings (SSSR count). The van der Waals surface area contributed by atoms with Crippen LogP contribution >= 0.6 is 0 Å². The number of nitrogens with zero attached hydrogens (tertiary/aromatic N) is 4. The van der Waals surface area contributed by atoms with Gasteiger partial charge in [0.15, 0.2) is 5.65 Å². The first-order valence-electron chi connectivity index (χ1n) is 9.73. The zero-order chi connectivity index (χ0) is 18.4. The van der Waals surface area contributed by atoms with E-state index >= 15 is 0 Å². The Morgan fingerprint density at radius 2 is 1.88 bits per heavy atom. The molecule has 0 aliphatic carbocycles. The third-order valence-corrected chi connectivity index (χ3v) is 5.38. The Hall–Kier alpha value is -2.36. The van der Waals surface area contributed by atoms with Gasteiger partial charge in [-0.25, -0.2) is 4.98 Å². The summed E-state index contributed by atoms with van der Waals surface area (Å²) in [6, 6.07) is 6.75. The lowest BCUT2D eigenvalue weighted by molar-refractivity contribution is 0.711. The molecule has 3 aromatic rings. The zero-order valence-corrected chi connectivity index (χ0v) is 16.6. The van der Waals surface area contributed by atoms with E-state index in [1.54, 1.807) is 0 Å². The number of aromatic nitrogens is 3. The van der Waals surface area contributed by atoms with E-state index in [2.05, 4.69) is 55.3 Å². The lowest BCUT2D eigenvalue weighted by Crippen LogP contribution is -2.30. The van der Waals surface area contributed by atoms with Gasteiger partial charge in [-0.3, -0.25) is 0 Å². The highest BCUT2D eigenvalue weighted by atomic mass is 15.4. The highest BCUT2D eigenvalue weighted by Gasteiger charge is 2.27. The largest absolute Gasteiger partial charge is 0.325 e. The molecule has 1 aliphatic rings. The van der Waals surface area contributed by atoms with Crippen LogP contribution in [0.5, 0.6) is 0 Å². The van der Waals surface area contributed by atoms with E-state index in [-0.39, 0.29) is 0 Å². The van der Waals surface area contributed by atoms with Crippen molar-refractivity contribution in [3.63, 3.8) is 0 Å². The summed E-state index contributed by atoms with van der Waals surface area (Å²) in [5.41, 5.74) is 9.97. The predicted molar refractivity (Wildman–Crippen MR) is 108 cm³/mol. The van der Waals surface area contributed by atoms with Crippen molar-refractivity contribution in [2.24, 2.45) is 0 Å². The van der Waals surface area contributed by atoms with Crippen LogP contribution in [0.15, 0.2) is 18.2 Å². The third kappa shape index (κ3) is 2.68. The van der Waals surface area contributed by atoms with Crippen molar-refractivity contribution in [3.05, 3.63) is 51.8 Å². The van der Waals surface area contributed by atoms with Gasteiger partial charge in [0.05, 0.1) is 5.69 Å². The van der Waals surface area contributed by atoms with E-state index in [1.807, 2.05) is 6.92 Å². The van der Waals surface area contributed by atoms with Crippen molar-refractivity contribution >= 4 is 17.2 Å². The summed E-state index contributed by atoms with van der Waals surface area (Å²) in [5, 5.41) is 4.78. The van der Waals surface area contributed by atoms with Gasteiger partial charge >= 0.3 is 0 Å². The molecule has 0 spiro atoms. The number of hydrogen-bond acceptors (Lipinski definition) is 3. The van der Waals surface area contributed by atoms with Crippen LogP contribution in [0.4, 0.5) is 11.5 Å². The van der Waals surface area contributed by atoms with Gasteiger partial charge in [0, 0.05) is 29.6 Å². The fourth-order valence-corrected chi connectivity index (χ4v) is 4.45. The van der Waals surface area contributed by atoms with Crippen molar-refractivity contribution in [3.8, 4) is 0 Å². The molecule has 0 atom stereocenters. The summed E-state index contributed by atoms with van der Waals surface area (Å²) in [4.78, 5) is 7.31. The van der Waals surface area contributed by atoms with Gasteiger partial charge in [-0.1, -0.05) is 31.0 Å². The molecule has 0 radical (unpaired) electrons. The van der Waals surface area contributed by atoms with Crippen molar-refractivity contribution in [1.29, 1.82) is 0 Å². The van der Waals surface area contributed by atoms with Crippen molar-refractivity contribution < 1.29 is 0 Å². The fourth-order valence-electron chi connectivity index (χ4n) is 4.45. The lowest BCUT2D eigenvalue weighted by atomic mass is 9.96. The lowest BCUT2D eigenvalue weighted by Gasteiger charge is -2.34. The first-order valence-corrected chi connectivity index (χ1v) is 9.73. The zero-order valence-electron chi connectivity index (χ0n) is 16.6. The molecule has 0 amide bonds. The van der Waals surface area contributed by atoms with Crippen molar-refractivity contribution in [2.45, 2.75) is 60.3 Å². The molecule has 4 nitrogen and oxygen atoms in total. The number of aryl methyl sites for hydroxylation is 5. The smallest absolute Gasteiger partial charge is 0.157 e. The third-order valence-electron chi connectivity index (χ3n) is 5.38. The standard InChI is InChI=1S/C22H28N4/c1-6-8-18-12-14(2)11-15(3)21(18)25-10-7-9-19-17(5)23-20-13-16(4)24-26(20)22(19)25/h11-13H,6-10H2,1-5H3. The van der Waals surface area contributed by atoms with Gasteiger partial charge in [-0.15, -0.1) is 0 Å². The second-order valence-electron chi connectivity index (χ2n) is 7.65. The molecule has 4 heteroatoms. The Morgan fingerprint density at radius 3 is 2.65 bits per heavy atom. The summed E-state index contributed by atoms with van der Waals surface area (Å²) in [6.45, 7) is 11.9. The van der Waals surface area contributed by atoms with Gasteiger partial charge in [-0.2, -0.15) is 9.61 Å². The van der Waals surface area contributed by atoms with Crippen LogP contribution in [0.3, 0.4) is 0 Å². The second-order valence-corrected chi connectivity index (χ2v) is 7.65. The van der Waals surface area contributed by atoms with Crippen LogP contribution in [-0.2, 0) is 12.8 Å². The Morgan fingerprint density at radius 1 is 1.08 bits per heavy atom. The van der Waals surface area contributed by atoms with Gasteiger partial charge in [0.1, 0.15) is 5.82 Å². The highest BCUT2D eigenvalue weighted by Crippen LogP contribution is 2.39.